The highest BCUT2D eigenvalue weighted by molar-refractivity contribution is 5.34. The number of benzene rings is 1. The third-order valence-corrected chi connectivity index (χ3v) is 2.59. The summed E-state index contributed by atoms with van der Waals surface area (Å²) in [5.41, 5.74) is 2.07. The van der Waals surface area contributed by atoms with Gasteiger partial charge >= 0.3 is 0 Å². The van der Waals surface area contributed by atoms with Gasteiger partial charge in [0, 0.05) is 5.69 Å². The Kier molecular flexibility index (Phi) is 3.22. The molecule has 4 heteroatoms. The van der Waals surface area contributed by atoms with Crippen LogP contribution in [0.4, 0.5) is 8.78 Å². The summed E-state index contributed by atoms with van der Waals surface area (Å²) in [6, 6.07) is 7.76. The Bertz CT molecular complexity index is 501. The molecule has 0 amide bonds. The van der Waals surface area contributed by atoms with Crippen LogP contribution in [0.15, 0.2) is 30.3 Å². The normalized spacial score (nSPS) is 11.1. The molecule has 0 aliphatic rings. The van der Waals surface area contributed by atoms with Crippen molar-refractivity contribution >= 4 is 0 Å². The molecule has 0 fully saturated rings. The monoisotopic (exact) mass is 236 g/mol. The van der Waals surface area contributed by atoms with E-state index < -0.39 is 6.67 Å². The Hall–Kier alpha value is -1.71. The van der Waals surface area contributed by atoms with Gasteiger partial charge in [0.25, 0.3) is 0 Å². The molecule has 1 aromatic heterocycles. The van der Waals surface area contributed by atoms with E-state index in [0.717, 1.165) is 11.4 Å². The molecule has 0 radical (unpaired) electrons. The lowest BCUT2D eigenvalue weighted by Gasteiger charge is -2.09. The lowest BCUT2D eigenvalue weighted by molar-refractivity contribution is 0.473. The molecular formula is C13H14F2N2. The molecule has 17 heavy (non-hydrogen) atoms. The fourth-order valence-corrected chi connectivity index (χ4v) is 1.71. The van der Waals surface area contributed by atoms with Gasteiger partial charge in [-0.05, 0) is 36.2 Å². The average molecular weight is 236 g/mol. The van der Waals surface area contributed by atoms with E-state index >= 15 is 0 Å². The zero-order chi connectivity index (χ0) is 12.4. The van der Waals surface area contributed by atoms with Crippen molar-refractivity contribution in [1.29, 1.82) is 0 Å². The van der Waals surface area contributed by atoms with Gasteiger partial charge < -0.3 is 0 Å². The predicted octanol–water partition coefficient (Wildman–Crippen LogP) is 3.60. The minimum absolute atomic E-state index is 0.229. The van der Waals surface area contributed by atoms with E-state index in [9.17, 15) is 8.78 Å². The topological polar surface area (TPSA) is 17.8 Å². The van der Waals surface area contributed by atoms with E-state index in [4.69, 9.17) is 0 Å². The van der Waals surface area contributed by atoms with Crippen molar-refractivity contribution in [3.05, 3.63) is 47.5 Å². The van der Waals surface area contributed by atoms with E-state index in [2.05, 4.69) is 5.10 Å². The fourth-order valence-electron chi connectivity index (χ4n) is 1.71. The molecule has 0 unspecified atom stereocenters. The standard InChI is InChI=1S/C13H14F2N2/c1-9(2)13-7-11(8-14)16-17(13)12-5-3-10(15)4-6-12/h3-7,9H,8H2,1-2H3. The SMILES string of the molecule is CC(C)c1cc(CF)nn1-c1ccc(F)cc1. The summed E-state index contributed by atoms with van der Waals surface area (Å²) >= 11 is 0. The van der Waals surface area contributed by atoms with Gasteiger partial charge in [-0.15, -0.1) is 0 Å². The fraction of sp³-hybridized carbons (Fsp3) is 0.308. The van der Waals surface area contributed by atoms with Crippen LogP contribution >= 0.6 is 0 Å². The Morgan fingerprint density at radius 3 is 2.41 bits per heavy atom. The molecule has 0 bridgehead atoms. The minimum Gasteiger partial charge on any atom is -0.244 e. The summed E-state index contributed by atoms with van der Waals surface area (Å²) in [7, 11) is 0. The largest absolute Gasteiger partial charge is 0.244 e. The van der Waals surface area contributed by atoms with Crippen LogP contribution in [0.2, 0.25) is 0 Å². The maximum absolute atomic E-state index is 12.8. The first-order chi connectivity index (χ1) is 8.11. The van der Waals surface area contributed by atoms with Crippen LogP contribution in [0.25, 0.3) is 5.69 Å². The van der Waals surface area contributed by atoms with Crippen molar-refractivity contribution in [1.82, 2.24) is 9.78 Å². The molecule has 0 aliphatic heterocycles. The van der Waals surface area contributed by atoms with Crippen LogP contribution in [0.1, 0.15) is 31.2 Å². The minimum atomic E-state index is -0.589. The quantitative estimate of drug-likeness (QED) is 0.796. The number of aromatic nitrogens is 2. The molecule has 2 nitrogen and oxygen atoms in total. The highest BCUT2D eigenvalue weighted by Crippen LogP contribution is 2.20. The number of halogens is 2. The first kappa shape index (κ1) is 11.8. The van der Waals surface area contributed by atoms with Crippen LogP contribution in [0.5, 0.6) is 0 Å². The highest BCUT2D eigenvalue weighted by Gasteiger charge is 2.12. The van der Waals surface area contributed by atoms with Crippen molar-refractivity contribution in [2.45, 2.75) is 26.4 Å². The molecule has 0 spiro atoms. The number of nitrogens with zero attached hydrogens (tertiary/aromatic N) is 2. The summed E-state index contributed by atoms with van der Waals surface area (Å²) < 4.78 is 27.1. The molecule has 0 saturated carbocycles. The Morgan fingerprint density at radius 1 is 1.24 bits per heavy atom. The second-order valence-electron chi connectivity index (χ2n) is 4.24. The third-order valence-electron chi connectivity index (χ3n) is 2.59. The van der Waals surface area contributed by atoms with Crippen LogP contribution < -0.4 is 0 Å². The Morgan fingerprint density at radius 2 is 1.88 bits per heavy atom. The van der Waals surface area contributed by atoms with Crippen LogP contribution in [-0.4, -0.2) is 9.78 Å². The highest BCUT2D eigenvalue weighted by atomic mass is 19.1. The summed E-state index contributed by atoms with van der Waals surface area (Å²) in [5, 5.41) is 4.17. The number of alkyl halides is 1. The molecule has 0 aliphatic carbocycles. The second-order valence-corrected chi connectivity index (χ2v) is 4.24. The van der Waals surface area contributed by atoms with Gasteiger partial charge in [0.05, 0.1) is 11.4 Å². The van der Waals surface area contributed by atoms with Gasteiger partial charge in [0.1, 0.15) is 12.5 Å². The summed E-state index contributed by atoms with van der Waals surface area (Å²) in [4.78, 5) is 0. The zero-order valence-corrected chi connectivity index (χ0v) is 9.82. The molecule has 1 aromatic carbocycles. The third kappa shape index (κ3) is 2.35. The van der Waals surface area contributed by atoms with Crippen LogP contribution in [0.3, 0.4) is 0 Å². The van der Waals surface area contributed by atoms with Gasteiger partial charge in [0.2, 0.25) is 0 Å². The summed E-state index contributed by atoms with van der Waals surface area (Å²) in [6.45, 7) is 3.44. The second kappa shape index (κ2) is 4.65. The number of hydrogen-bond acceptors (Lipinski definition) is 1. The van der Waals surface area contributed by atoms with Crippen molar-refractivity contribution in [3.8, 4) is 5.69 Å². The van der Waals surface area contributed by atoms with Gasteiger partial charge in [-0.3, -0.25) is 0 Å². The van der Waals surface area contributed by atoms with E-state index in [1.165, 1.54) is 12.1 Å². The van der Waals surface area contributed by atoms with Crippen LogP contribution in [0, 0.1) is 5.82 Å². The number of hydrogen-bond donors (Lipinski definition) is 0. The van der Waals surface area contributed by atoms with E-state index in [1.54, 1.807) is 22.9 Å². The van der Waals surface area contributed by atoms with Crippen LogP contribution in [-0.2, 0) is 6.67 Å². The molecule has 0 atom stereocenters. The van der Waals surface area contributed by atoms with Crippen molar-refractivity contribution in [2.75, 3.05) is 0 Å². The van der Waals surface area contributed by atoms with E-state index in [-0.39, 0.29) is 11.7 Å². The molecule has 90 valence electrons. The summed E-state index contributed by atoms with van der Waals surface area (Å²) in [6.07, 6.45) is 0. The first-order valence-electron chi connectivity index (χ1n) is 5.52. The van der Waals surface area contributed by atoms with Crippen molar-refractivity contribution in [2.24, 2.45) is 0 Å². The molecule has 0 N–H and O–H groups in total. The number of rotatable bonds is 3. The maximum Gasteiger partial charge on any atom is 0.133 e. The maximum atomic E-state index is 12.8. The van der Waals surface area contributed by atoms with Crippen molar-refractivity contribution in [3.63, 3.8) is 0 Å². The predicted molar refractivity (Wildman–Crippen MR) is 62.4 cm³/mol. The molecular weight excluding hydrogens is 222 g/mol. The molecule has 0 saturated heterocycles. The summed E-state index contributed by atoms with van der Waals surface area (Å²) in [5.74, 6) is -0.0643. The van der Waals surface area contributed by atoms with Crippen molar-refractivity contribution < 1.29 is 8.78 Å². The Balaban J connectivity index is 2.49. The van der Waals surface area contributed by atoms with Gasteiger partial charge in [0.15, 0.2) is 0 Å². The lowest BCUT2D eigenvalue weighted by atomic mass is 10.1. The van der Waals surface area contributed by atoms with Gasteiger partial charge in [-0.1, -0.05) is 13.8 Å². The van der Waals surface area contributed by atoms with Gasteiger partial charge in [-0.25, -0.2) is 13.5 Å². The first-order valence-corrected chi connectivity index (χ1v) is 5.52. The molecule has 1 heterocycles. The lowest BCUT2D eigenvalue weighted by Crippen LogP contribution is -2.03. The van der Waals surface area contributed by atoms with E-state index in [0.29, 0.717) is 5.69 Å². The molecule has 2 rings (SSSR count). The average Bonchev–Trinajstić information content (AvgIpc) is 2.74. The smallest absolute Gasteiger partial charge is 0.133 e. The zero-order valence-electron chi connectivity index (χ0n) is 9.82. The molecule has 2 aromatic rings. The Labute approximate surface area is 98.9 Å². The van der Waals surface area contributed by atoms with E-state index in [1.807, 2.05) is 13.8 Å². The van der Waals surface area contributed by atoms with Gasteiger partial charge in [-0.2, -0.15) is 5.10 Å².